The molecule has 1 aliphatic heterocycles. The van der Waals surface area contributed by atoms with Gasteiger partial charge in [-0.25, -0.2) is 0 Å². The summed E-state index contributed by atoms with van der Waals surface area (Å²) in [6, 6.07) is 23.3. The molecule has 190 valence electrons. The largest absolute Gasteiger partial charge is 0.545 e. The van der Waals surface area contributed by atoms with Crippen molar-refractivity contribution in [1.29, 1.82) is 0 Å². The molecular formula is C28H31N3O5-2. The number of nitrogens with zero attached hydrogens (tertiary/aromatic N) is 3. The molecule has 1 unspecified atom stereocenters. The fourth-order valence-electron chi connectivity index (χ4n) is 4.04. The molecule has 2 aromatic carbocycles. The first-order valence-corrected chi connectivity index (χ1v) is 12.1. The third kappa shape index (κ3) is 8.70. The Labute approximate surface area is 211 Å². The van der Waals surface area contributed by atoms with Gasteiger partial charge in [0.15, 0.2) is 0 Å². The van der Waals surface area contributed by atoms with E-state index in [-0.39, 0.29) is 0 Å². The number of aromatic nitrogens is 1. The van der Waals surface area contributed by atoms with Crippen molar-refractivity contribution in [2.75, 3.05) is 24.5 Å². The van der Waals surface area contributed by atoms with Crippen molar-refractivity contribution in [3.63, 3.8) is 0 Å². The SMILES string of the molecule is CC(CCN1CCCC1)N(Cc1ccccc1)c1cc(-c2ccccc2)no1.O=C([O-])/C=C/C(=O)[O-]. The second-order valence-corrected chi connectivity index (χ2v) is 8.69. The Bertz CT molecular complexity index is 1090. The molecule has 2 heterocycles. The molecule has 1 fully saturated rings. The number of carbonyl (C=O) groups is 2. The van der Waals surface area contributed by atoms with Crippen LogP contribution in [0.5, 0.6) is 0 Å². The maximum atomic E-state index is 9.41. The lowest BCUT2D eigenvalue weighted by atomic mass is 10.1. The van der Waals surface area contributed by atoms with Gasteiger partial charge in [0, 0.05) is 30.8 Å². The quantitative estimate of drug-likeness (QED) is 0.399. The minimum absolute atomic E-state index is 0.373. The van der Waals surface area contributed by atoms with Crippen LogP contribution in [-0.2, 0) is 16.1 Å². The second-order valence-electron chi connectivity index (χ2n) is 8.69. The molecule has 1 aliphatic rings. The number of hydrogen-bond acceptors (Lipinski definition) is 8. The molecule has 8 nitrogen and oxygen atoms in total. The molecule has 4 rings (SSSR count). The monoisotopic (exact) mass is 489 g/mol. The lowest BCUT2D eigenvalue weighted by Crippen LogP contribution is -2.35. The van der Waals surface area contributed by atoms with E-state index < -0.39 is 11.9 Å². The summed E-state index contributed by atoms with van der Waals surface area (Å²) < 4.78 is 5.81. The number of aliphatic carboxylic acids is 2. The van der Waals surface area contributed by atoms with Gasteiger partial charge in [0.1, 0.15) is 5.69 Å². The van der Waals surface area contributed by atoms with Gasteiger partial charge in [0.2, 0.25) is 5.88 Å². The summed E-state index contributed by atoms with van der Waals surface area (Å²) in [5.74, 6) is -2.25. The molecule has 0 bridgehead atoms. The highest BCUT2D eigenvalue weighted by Crippen LogP contribution is 2.27. The van der Waals surface area contributed by atoms with E-state index >= 15 is 0 Å². The lowest BCUT2D eigenvalue weighted by Gasteiger charge is -2.30. The van der Waals surface area contributed by atoms with E-state index in [1.165, 1.54) is 31.5 Å². The van der Waals surface area contributed by atoms with Crippen LogP contribution < -0.4 is 15.1 Å². The molecule has 1 saturated heterocycles. The lowest BCUT2D eigenvalue weighted by molar-refractivity contribution is -0.301. The third-order valence-corrected chi connectivity index (χ3v) is 6.00. The minimum atomic E-state index is -1.55. The average Bonchev–Trinajstić information content (AvgIpc) is 3.59. The molecule has 3 aromatic rings. The van der Waals surface area contributed by atoms with Gasteiger partial charge in [0.05, 0.1) is 11.9 Å². The van der Waals surface area contributed by atoms with Crippen molar-refractivity contribution in [1.82, 2.24) is 10.1 Å². The van der Waals surface area contributed by atoms with Gasteiger partial charge in [-0.3, -0.25) is 0 Å². The molecule has 36 heavy (non-hydrogen) atoms. The van der Waals surface area contributed by atoms with Crippen molar-refractivity contribution < 1.29 is 24.3 Å². The minimum Gasteiger partial charge on any atom is -0.545 e. The number of rotatable bonds is 10. The summed E-state index contributed by atoms with van der Waals surface area (Å²) in [7, 11) is 0. The number of carbonyl (C=O) groups excluding carboxylic acids is 2. The van der Waals surface area contributed by atoms with E-state index in [1.807, 2.05) is 18.2 Å². The zero-order valence-corrected chi connectivity index (χ0v) is 20.4. The van der Waals surface area contributed by atoms with Gasteiger partial charge in [-0.05, 0) is 57.0 Å². The summed E-state index contributed by atoms with van der Waals surface area (Å²) >= 11 is 0. The maximum absolute atomic E-state index is 9.41. The molecule has 0 amide bonds. The molecule has 8 heteroatoms. The maximum Gasteiger partial charge on any atom is 0.228 e. The van der Waals surface area contributed by atoms with Crippen LogP contribution in [0.15, 0.2) is 83.4 Å². The number of hydrogen-bond donors (Lipinski definition) is 0. The summed E-state index contributed by atoms with van der Waals surface area (Å²) in [6.07, 6.45) is 4.56. The molecule has 0 N–H and O–H groups in total. The highest BCUT2D eigenvalue weighted by molar-refractivity contribution is 5.87. The van der Waals surface area contributed by atoms with Gasteiger partial charge in [0.25, 0.3) is 0 Å². The highest BCUT2D eigenvalue weighted by atomic mass is 16.5. The zero-order chi connectivity index (χ0) is 25.8. The number of carboxylic acids is 2. The Hall–Kier alpha value is -3.91. The Balaban J connectivity index is 0.000000392. The van der Waals surface area contributed by atoms with E-state index in [0.717, 1.165) is 36.7 Å². The average molecular weight is 490 g/mol. The van der Waals surface area contributed by atoms with Crippen molar-refractivity contribution in [2.45, 2.75) is 38.8 Å². The Kier molecular flexibility index (Phi) is 10.3. The van der Waals surface area contributed by atoms with Crippen LogP contribution >= 0.6 is 0 Å². The van der Waals surface area contributed by atoms with E-state index in [4.69, 9.17) is 4.52 Å². The first-order chi connectivity index (χ1) is 17.4. The summed E-state index contributed by atoms with van der Waals surface area (Å²) in [5, 5.41) is 23.2. The van der Waals surface area contributed by atoms with Crippen LogP contribution in [0.25, 0.3) is 11.3 Å². The van der Waals surface area contributed by atoms with Crippen molar-refractivity contribution in [3.8, 4) is 11.3 Å². The van der Waals surface area contributed by atoms with Crippen molar-refractivity contribution in [3.05, 3.63) is 84.4 Å². The second kappa shape index (κ2) is 13.8. The van der Waals surface area contributed by atoms with Crippen molar-refractivity contribution >= 4 is 17.8 Å². The summed E-state index contributed by atoms with van der Waals surface area (Å²) in [5.41, 5.74) is 3.26. The predicted molar refractivity (Wildman–Crippen MR) is 133 cm³/mol. The molecule has 0 saturated carbocycles. The highest BCUT2D eigenvalue weighted by Gasteiger charge is 2.21. The first kappa shape index (κ1) is 26.7. The van der Waals surface area contributed by atoms with Gasteiger partial charge < -0.3 is 34.1 Å². The molecular weight excluding hydrogens is 458 g/mol. The smallest absolute Gasteiger partial charge is 0.228 e. The molecule has 1 aromatic heterocycles. The number of carboxylic acid groups (broad SMARTS) is 2. The molecule has 0 radical (unpaired) electrons. The van der Waals surface area contributed by atoms with E-state index in [9.17, 15) is 19.8 Å². The zero-order valence-electron chi connectivity index (χ0n) is 20.4. The summed E-state index contributed by atoms with van der Waals surface area (Å²) in [6.45, 7) is 6.75. The fourth-order valence-corrected chi connectivity index (χ4v) is 4.04. The van der Waals surface area contributed by atoms with Crippen LogP contribution in [-0.4, -0.2) is 47.7 Å². The first-order valence-electron chi connectivity index (χ1n) is 12.1. The van der Waals surface area contributed by atoms with Gasteiger partial charge in [-0.1, -0.05) is 65.8 Å². The Morgan fingerprint density at radius 1 is 1.00 bits per heavy atom. The van der Waals surface area contributed by atoms with Crippen LogP contribution in [0.2, 0.25) is 0 Å². The van der Waals surface area contributed by atoms with Gasteiger partial charge in [-0.15, -0.1) is 0 Å². The normalized spacial score (nSPS) is 14.2. The summed E-state index contributed by atoms with van der Waals surface area (Å²) in [4.78, 5) is 23.8. The van der Waals surface area contributed by atoms with E-state index in [1.54, 1.807) is 0 Å². The Morgan fingerprint density at radius 2 is 1.58 bits per heavy atom. The fraction of sp³-hybridized carbons (Fsp3) is 0.321. The predicted octanol–water partition coefficient (Wildman–Crippen LogP) is 2.26. The topological polar surface area (TPSA) is 113 Å². The molecule has 1 atom stereocenters. The van der Waals surface area contributed by atoms with Crippen LogP contribution in [0, 0.1) is 0 Å². The van der Waals surface area contributed by atoms with Gasteiger partial charge in [-0.2, -0.15) is 0 Å². The third-order valence-electron chi connectivity index (χ3n) is 6.00. The number of benzene rings is 2. The van der Waals surface area contributed by atoms with Crippen LogP contribution in [0.3, 0.4) is 0 Å². The van der Waals surface area contributed by atoms with E-state index in [2.05, 4.69) is 70.4 Å². The number of likely N-dealkylation sites (tertiary alicyclic amines) is 1. The molecule has 0 aliphatic carbocycles. The van der Waals surface area contributed by atoms with Gasteiger partial charge >= 0.3 is 0 Å². The standard InChI is InChI=1S/C24H29N3O.C4H4O4/c1-20(14-17-26-15-8-9-16-26)27(19-21-10-4-2-5-11-21)24-18-23(25-28-24)22-12-6-3-7-13-22;5-3(6)1-2-4(7)8/h2-7,10-13,18,20H,8-9,14-17,19H2,1H3;1-2H,(H,5,6)(H,7,8)/p-2/b;2-1+. The van der Waals surface area contributed by atoms with Crippen LogP contribution in [0.4, 0.5) is 5.88 Å². The Morgan fingerprint density at radius 3 is 2.17 bits per heavy atom. The van der Waals surface area contributed by atoms with E-state index in [0.29, 0.717) is 18.2 Å². The molecule has 0 spiro atoms. The van der Waals surface area contributed by atoms with Crippen LogP contribution in [0.1, 0.15) is 31.7 Å². The number of anilines is 1. The van der Waals surface area contributed by atoms with Crippen molar-refractivity contribution in [2.24, 2.45) is 0 Å².